The number of likely N-dealkylation sites (tertiary alicyclic amines) is 1. The van der Waals surface area contributed by atoms with E-state index in [4.69, 9.17) is 0 Å². The number of nitrogens with one attached hydrogen (secondary N) is 2. The van der Waals surface area contributed by atoms with Crippen LogP contribution >= 0.6 is 0 Å². The summed E-state index contributed by atoms with van der Waals surface area (Å²) in [6.45, 7) is 0.883. The maximum Gasteiger partial charge on any atom is 0.416 e. The van der Waals surface area contributed by atoms with Crippen molar-refractivity contribution in [3.63, 3.8) is 0 Å². The molecule has 1 aromatic rings. The molecule has 1 saturated carbocycles. The quantitative estimate of drug-likeness (QED) is 0.773. The molecule has 2 aliphatic rings. The van der Waals surface area contributed by atoms with Gasteiger partial charge in [0.25, 0.3) is 0 Å². The highest BCUT2D eigenvalue weighted by atomic mass is 19.4. The SMILES string of the molecule is O=C(NCCc1ccc(C(F)(F)F)cc1)[C@@H]1CCCN1C(=O)NC1CCCCC1. The average Bonchev–Trinajstić information content (AvgIpc) is 3.18. The number of rotatable bonds is 5. The summed E-state index contributed by atoms with van der Waals surface area (Å²) in [5.74, 6) is -0.201. The van der Waals surface area contributed by atoms with Crippen molar-refractivity contribution in [2.24, 2.45) is 0 Å². The highest BCUT2D eigenvalue weighted by Crippen LogP contribution is 2.29. The van der Waals surface area contributed by atoms with E-state index in [1.54, 1.807) is 4.90 Å². The Kier molecular flexibility index (Phi) is 7.03. The van der Waals surface area contributed by atoms with E-state index in [1.165, 1.54) is 18.6 Å². The molecule has 1 aromatic carbocycles. The first-order chi connectivity index (χ1) is 13.8. The number of benzene rings is 1. The lowest BCUT2D eigenvalue weighted by molar-refractivity contribution is -0.137. The zero-order valence-electron chi connectivity index (χ0n) is 16.4. The molecule has 8 heteroatoms. The minimum atomic E-state index is -4.35. The smallest absolute Gasteiger partial charge is 0.354 e. The minimum absolute atomic E-state index is 0.169. The first-order valence-electron chi connectivity index (χ1n) is 10.4. The normalized spacial score (nSPS) is 20.5. The van der Waals surface area contributed by atoms with Crippen LogP contribution < -0.4 is 10.6 Å². The predicted molar refractivity (Wildman–Crippen MR) is 103 cm³/mol. The molecule has 0 spiro atoms. The van der Waals surface area contributed by atoms with Gasteiger partial charge < -0.3 is 15.5 Å². The molecule has 3 rings (SSSR count). The van der Waals surface area contributed by atoms with E-state index in [0.29, 0.717) is 25.9 Å². The summed E-state index contributed by atoms with van der Waals surface area (Å²) in [5, 5.41) is 5.88. The van der Waals surface area contributed by atoms with E-state index in [-0.39, 0.29) is 18.0 Å². The van der Waals surface area contributed by atoms with Crippen molar-refractivity contribution in [3.8, 4) is 0 Å². The third kappa shape index (κ3) is 5.87. The van der Waals surface area contributed by atoms with Gasteiger partial charge in [0.2, 0.25) is 5.91 Å². The summed E-state index contributed by atoms with van der Waals surface area (Å²) in [6, 6.07) is 4.49. The molecule has 0 aromatic heterocycles. The number of carbonyl (C=O) groups excluding carboxylic acids is 2. The Morgan fingerprint density at radius 3 is 2.34 bits per heavy atom. The van der Waals surface area contributed by atoms with E-state index < -0.39 is 17.8 Å². The number of hydrogen-bond acceptors (Lipinski definition) is 2. The van der Waals surface area contributed by atoms with Crippen LogP contribution in [0.4, 0.5) is 18.0 Å². The second-order valence-corrected chi connectivity index (χ2v) is 7.87. The van der Waals surface area contributed by atoms with E-state index in [2.05, 4.69) is 10.6 Å². The molecule has 160 valence electrons. The van der Waals surface area contributed by atoms with Gasteiger partial charge in [0.05, 0.1) is 5.56 Å². The molecule has 0 radical (unpaired) electrons. The molecule has 1 aliphatic heterocycles. The van der Waals surface area contributed by atoms with Crippen LogP contribution in [0.3, 0.4) is 0 Å². The summed E-state index contributed by atoms with van der Waals surface area (Å²) in [6.07, 6.45) is 2.94. The molecule has 1 atom stereocenters. The Bertz CT molecular complexity index is 700. The van der Waals surface area contributed by atoms with Gasteiger partial charge in [0.15, 0.2) is 0 Å². The number of carbonyl (C=O) groups is 2. The molecule has 3 amide bonds. The number of halogens is 3. The molecule has 0 unspecified atom stereocenters. The third-order valence-corrected chi connectivity index (χ3v) is 5.74. The van der Waals surface area contributed by atoms with Gasteiger partial charge in [-0.1, -0.05) is 31.4 Å². The fraction of sp³-hybridized carbons (Fsp3) is 0.619. The maximum absolute atomic E-state index is 12.6. The van der Waals surface area contributed by atoms with Gasteiger partial charge >= 0.3 is 12.2 Å². The third-order valence-electron chi connectivity index (χ3n) is 5.74. The van der Waals surface area contributed by atoms with Crippen molar-refractivity contribution >= 4 is 11.9 Å². The first kappa shape index (κ1) is 21.5. The highest BCUT2D eigenvalue weighted by Gasteiger charge is 2.35. The van der Waals surface area contributed by atoms with Crippen LogP contribution in [0.1, 0.15) is 56.1 Å². The fourth-order valence-electron chi connectivity index (χ4n) is 4.10. The monoisotopic (exact) mass is 411 g/mol. The van der Waals surface area contributed by atoms with Gasteiger partial charge in [-0.05, 0) is 49.8 Å². The molecule has 5 nitrogen and oxygen atoms in total. The Balaban J connectivity index is 1.46. The van der Waals surface area contributed by atoms with Crippen LogP contribution in [-0.2, 0) is 17.4 Å². The lowest BCUT2D eigenvalue weighted by Crippen LogP contribution is -2.52. The van der Waals surface area contributed by atoms with Gasteiger partial charge in [-0.3, -0.25) is 4.79 Å². The Labute approximate surface area is 169 Å². The molecule has 1 saturated heterocycles. The second-order valence-electron chi connectivity index (χ2n) is 7.87. The van der Waals surface area contributed by atoms with Crippen molar-refractivity contribution in [1.82, 2.24) is 15.5 Å². The molecular formula is C21H28F3N3O2. The molecular weight excluding hydrogens is 383 g/mol. The molecule has 1 aliphatic carbocycles. The van der Waals surface area contributed by atoms with E-state index in [0.717, 1.165) is 49.8 Å². The Hall–Kier alpha value is -2.25. The van der Waals surface area contributed by atoms with Crippen LogP contribution in [0, 0.1) is 0 Å². The van der Waals surface area contributed by atoms with E-state index in [1.807, 2.05) is 0 Å². The van der Waals surface area contributed by atoms with Crippen LogP contribution in [0.25, 0.3) is 0 Å². The Morgan fingerprint density at radius 1 is 1.00 bits per heavy atom. The van der Waals surface area contributed by atoms with Crippen molar-refractivity contribution in [2.75, 3.05) is 13.1 Å². The second kappa shape index (κ2) is 9.50. The predicted octanol–water partition coefficient (Wildman–Crippen LogP) is 3.87. The van der Waals surface area contributed by atoms with Gasteiger partial charge in [0.1, 0.15) is 6.04 Å². The topological polar surface area (TPSA) is 61.4 Å². The number of nitrogens with zero attached hydrogens (tertiary/aromatic N) is 1. The number of urea groups is 1. The Morgan fingerprint density at radius 2 is 1.69 bits per heavy atom. The van der Waals surface area contributed by atoms with Crippen molar-refractivity contribution in [3.05, 3.63) is 35.4 Å². The van der Waals surface area contributed by atoms with Crippen LogP contribution in [-0.4, -0.2) is 42.0 Å². The number of amides is 3. The molecule has 29 heavy (non-hydrogen) atoms. The highest BCUT2D eigenvalue weighted by molar-refractivity contribution is 5.87. The standard InChI is InChI=1S/C21H28F3N3O2/c22-21(23,24)16-10-8-15(9-11-16)12-13-25-19(28)18-7-4-14-27(18)20(29)26-17-5-2-1-3-6-17/h8-11,17-18H,1-7,12-14H2,(H,25,28)(H,26,29)/t18-/m0/s1. The van der Waals surface area contributed by atoms with E-state index >= 15 is 0 Å². The summed E-state index contributed by atoms with van der Waals surface area (Å²) < 4.78 is 37.8. The first-order valence-corrected chi connectivity index (χ1v) is 10.4. The zero-order chi connectivity index (χ0) is 20.9. The minimum Gasteiger partial charge on any atom is -0.354 e. The van der Waals surface area contributed by atoms with Crippen LogP contribution in [0.2, 0.25) is 0 Å². The lowest BCUT2D eigenvalue weighted by atomic mass is 9.96. The van der Waals surface area contributed by atoms with Gasteiger partial charge in [-0.25, -0.2) is 4.79 Å². The zero-order valence-corrected chi connectivity index (χ0v) is 16.4. The van der Waals surface area contributed by atoms with Crippen LogP contribution in [0.15, 0.2) is 24.3 Å². The van der Waals surface area contributed by atoms with Crippen molar-refractivity contribution < 1.29 is 22.8 Å². The van der Waals surface area contributed by atoms with Gasteiger partial charge in [-0.2, -0.15) is 13.2 Å². The maximum atomic E-state index is 12.6. The summed E-state index contributed by atoms with van der Waals surface area (Å²) in [5.41, 5.74) is 0.0347. The molecule has 0 bridgehead atoms. The number of hydrogen-bond donors (Lipinski definition) is 2. The van der Waals surface area contributed by atoms with E-state index in [9.17, 15) is 22.8 Å². The molecule has 1 heterocycles. The van der Waals surface area contributed by atoms with Crippen molar-refractivity contribution in [1.29, 1.82) is 0 Å². The summed E-state index contributed by atoms with van der Waals surface area (Å²) >= 11 is 0. The van der Waals surface area contributed by atoms with Gasteiger partial charge in [-0.15, -0.1) is 0 Å². The van der Waals surface area contributed by atoms with Crippen molar-refractivity contribution in [2.45, 2.75) is 69.6 Å². The summed E-state index contributed by atoms with van der Waals surface area (Å²) in [4.78, 5) is 26.7. The molecule has 2 fully saturated rings. The summed E-state index contributed by atoms with van der Waals surface area (Å²) in [7, 11) is 0. The molecule has 2 N–H and O–H groups in total. The van der Waals surface area contributed by atoms with Crippen LogP contribution in [0.5, 0.6) is 0 Å². The lowest BCUT2D eigenvalue weighted by Gasteiger charge is -2.29. The largest absolute Gasteiger partial charge is 0.416 e. The average molecular weight is 411 g/mol. The fourth-order valence-corrected chi connectivity index (χ4v) is 4.10. The number of alkyl halides is 3. The van der Waals surface area contributed by atoms with Gasteiger partial charge in [0, 0.05) is 19.1 Å².